The smallest absolute Gasteiger partial charge is 0.287 e. The molecule has 1 saturated heterocycles. The monoisotopic (exact) mass is 258 g/mol. The minimum absolute atomic E-state index is 0.0649. The fourth-order valence-electron chi connectivity index (χ4n) is 1.86. The van der Waals surface area contributed by atoms with Gasteiger partial charge in [0.15, 0.2) is 0 Å². The second-order valence-corrected chi connectivity index (χ2v) is 4.36. The maximum atomic E-state index is 11.6. The van der Waals surface area contributed by atoms with E-state index in [1.54, 1.807) is 20.4 Å². The van der Waals surface area contributed by atoms with Crippen molar-refractivity contribution in [3.8, 4) is 0 Å². The van der Waals surface area contributed by atoms with Gasteiger partial charge < -0.3 is 15.4 Å². The highest BCUT2D eigenvalue weighted by Gasteiger charge is 2.27. The van der Waals surface area contributed by atoms with E-state index >= 15 is 0 Å². The molecule has 6 nitrogen and oxygen atoms in total. The Labute approximate surface area is 104 Å². The maximum Gasteiger partial charge on any atom is 0.287 e. The first kappa shape index (κ1) is 12.3. The summed E-state index contributed by atoms with van der Waals surface area (Å²) in [5.74, 6) is 0. The van der Waals surface area contributed by atoms with Crippen LogP contribution in [0.25, 0.3) is 0 Å². The van der Waals surface area contributed by atoms with Gasteiger partial charge in [-0.1, -0.05) is 11.6 Å². The Balaban J connectivity index is 2.19. The SMILES string of the molecule is CO[C@H]1CNCC1Nc1cnn(C)c(=O)c1Cl. The second kappa shape index (κ2) is 5.03. The summed E-state index contributed by atoms with van der Waals surface area (Å²) in [7, 11) is 3.23. The first-order chi connectivity index (χ1) is 8.13. The quantitative estimate of drug-likeness (QED) is 0.788. The van der Waals surface area contributed by atoms with Crippen molar-refractivity contribution in [2.45, 2.75) is 12.1 Å². The number of hydrogen-bond acceptors (Lipinski definition) is 5. The molecular weight excluding hydrogens is 244 g/mol. The molecule has 0 amide bonds. The summed E-state index contributed by atoms with van der Waals surface area (Å²) in [6.45, 7) is 1.55. The highest BCUT2D eigenvalue weighted by molar-refractivity contribution is 6.32. The lowest BCUT2D eigenvalue weighted by Gasteiger charge is -2.20. The van der Waals surface area contributed by atoms with Crippen LogP contribution < -0.4 is 16.2 Å². The molecule has 1 aromatic heterocycles. The van der Waals surface area contributed by atoms with Crippen LogP contribution in [0.15, 0.2) is 11.0 Å². The molecule has 0 bridgehead atoms. The Hall–Kier alpha value is -1.11. The van der Waals surface area contributed by atoms with E-state index in [-0.39, 0.29) is 22.7 Å². The lowest BCUT2D eigenvalue weighted by atomic mass is 10.2. The van der Waals surface area contributed by atoms with Crippen molar-refractivity contribution >= 4 is 17.3 Å². The third-order valence-electron chi connectivity index (χ3n) is 2.88. The average Bonchev–Trinajstić information content (AvgIpc) is 2.77. The Morgan fingerprint density at radius 1 is 1.65 bits per heavy atom. The van der Waals surface area contributed by atoms with Crippen molar-refractivity contribution in [1.29, 1.82) is 0 Å². The molecule has 2 rings (SSSR count). The van der Waals surface area contributed by atoms with E-state index in [2.05, 4.69) is 15.7 Å². The number of nitrogens with zero attached hydrogens (tertiary/aromatic N) is 2. The average molecular weight is 259 g/mol. The summed E-state index contributed by atoms with van der Waals surface area (Å²) in [5, 5.41) is 10.5. The lowest BCUT2D eigenvalue weighted by molar-refractivity contribution is 0.111. The Morgan fingerprint density at radius 2 is 2.41 bits per heavy atom. The van der Waals surface area contributed by atoms with Crippen LogP contribution in [0.1, 0.15) is 0 Å². The Kier molecular flexibility index (Phi) is 3.66. The van der Waals surface area contributed by atoms with Crippen LogP contribution in [0.3, 0.4) is 0 Å². The predicted molar refractivity (Wildman–Crippen MR) is 65.6 cm³/mol. The molecule has 1 aliphatic heterocycles. The van der Waals surface area contributed by atoms with Gasteiger partial charge >= 0.3 is 0 Å². The number of ether oxygens (including phenoxy) is 1. The molecule has 0 spiro atoms. The summed E-state index contributed by atoms with van der Waals surface area (Å²) in [6, 6.07) is 0.0893. The van der Waals surface area contributed by atoms with Gasteiger partial charge in [-0.05, 0) is 0 Å². The van der Waals surface area contributed by atoms with Crippen molar-refractivity contribution in [3.63, 3.8) is 0 Å². The Morgan fingerprint density at radius 3 is 3.12 bits per heavy atom. The molecule has 2 atom stereocenters. The zero-order valence-electron chi connectivity index (χ0n) is 9.74. The zero-order chi connectivity index (χ0) is 12.4. The van der Waals surface area contributed by atoms with Gasteiger partial charge in [0.2, 0.25) is 0 Å². The number of rotatable bonds is 3. The maximum absolute atomic E-state index is 11.6. The van der Waals surface area contributed by atoms with Gasteiger partial charge in [-0.15, -0.1) is 0 Å². The van der Waals surface area contributed by atoms with E-state index in [4.69, 9.17) is 16.3 Å². The summed E-state index contributed by atoms with van der Waals surface area (Å²) in [5.41, 5.74) is 0.238. The number of nitrogens with one attached hydrogen (secondary N) is 2. The van der Waals surface area contributed by atoms with Crippen molar-refractivity contribution < 1.29 is 4.74 Å². The molecule has 2 N–H and O–H groups in total. The van der Waals surface area contributed by atoms with Gasteiger partial charge in [0, 0.05) is 27.2 Å². The van der Waals surface area contributed by atoms with E-state index in [1.807, 2.05) is 0 Å². The van der Waals surface area contributed by atoms with E-state index in [0.717, 1.165) is 13.1 Å². The molecule has 1 fully saturated rings. The van der Waals surface area contributed by atoms with E-state index in [1.165, 1.54) is 4.68 Å². The summed E-state index contributed by atoms with van der Waals surface area (Å²) >= 11 is 5.97. The summed E-state index contributed by atoms with van der Waals surface area (Å²) in [6.07, 6.45) is 1.62. The number of hydrogen-bond donors (Lipinski definition) is 2. The fraction of sp³-hybridized carbons (Fsp3) is 0.600. The molecule has 2 heterocycles. The molecule has 1 unspecified atom stereocenters. The van der Waals surface area contributed by atoms with E-state index in [9.17, 15) is 4.79 Å². The van der Waals surface area contributed by atoms with Crippen LogP contribution in [0, 0.1) is 0 Å². The standard InChI is InChI=1S/C10H15ClN4O2/c1-15-10(16)9(11)7(4-13-15)14-6-3-12-5-8(6)17-2/h4,6,8,12,14H,3,5H2,1-2H3/t6?,8-/m0/s1. The zero-order valence-corrected chi connectivity index (χ0v) is 10.5. The number of anilines is 1. The molecule has 94 valence electrons. The van der Waals surface area contributed by atoms with Gasteiger partial charge in [0.05, 0.1) is 24.0 Å². The minimum atomic E-state index is -0.309. The topological polar surface area (TPSA) is 68.2 Å². The van der Waals surface area contributed by atoms with Crippen LogP contribution in [-0.4, -0.2) is 42.1 Å². The molecular formula is C10H15ClN4O2. The van der Waals surface area contributed by atoms with Crippen LogP contribution in [0.2, 0.25) is 5.02 Å². The van der Waals surface area contributed by atoms with Gasteiger partial charge in [-0.25, -0.2) is 4.68 Å². The number of methoxy groups -OCH3 is 1. The number of aromatic nitrogens is 2. The minimum Gasteiger partial charge on any atom is -0.378 e. The van der Waals surface area contributed by atoms with Crippen molar-refractivity contribution in [1.82, 2.24) is 15.1 Å². The largest absolute Gasteiger partial charge is 0.378 e. The summed E-state index contributed by atoms with van der Waals surface area (Å²) in [4.78, 5) is 11.6. The number of aryl methyl sites for hydroxylation is 1. The molecule has 0 aliphatic carbocycles. The fourth-order valence-corrected chi connectivity index (χ4v) is 2.08. The second-order valence-electron chi connectivity index (χ2n) is 3.98. The normalized spacial score (nSPS) is 23.9. The molecule has 17 heavy (non-hydrogen) atoms. The van der Waals surface area contributed by atoms with Crippen molar-refractivity contribution in [3.05, 3.63) is 21.6 Å². The van der Waals surface area contributed by atoms with Crippen molar-refractivity contribution in [2.75, 3.05) is 25.5 Å². The van der Waals surface area contributed by atoms with Gasteiger partial charge in [-0.2, -0.15) is 5.10 Å². The van der Waals surface area contributed by atoms with Crippen LogP contribution in [-0.2, 0) is 11.8 Å². The van der Waals surface area contributed by atoms with Gasteiger partial charge in [0.1, 0.15) is 5.02 Å². The molecule has 0 saturated carbocycles. The Bertz CT molecular complexity index is 462. The lowest BCUT2D eigenvalue weighted by Crippen LogP contribution is -2.34. The predicted octanol–water partition coefficient (Wildman–Crippen LogP) is -0.168. The molecule has 1 aliphatic rings. The van der Waals surface area contributed by atoms with Gasteiger partial charge in [-0.3, -0.25) is 4.79 Å². The molecule has 7 heteroatoms. The van der Waals surface area contributed by atoms with Crippen LogP contribution in [0.5, 0.6) is 0 Å². The first-order valence-electron chi connectivity index (χ1n) is 5.35. The van der Waals surface area contributed by atoms with E-state index < -0.39 is 0 Å². The molecule has 0 radical (unpaired) electrons. The highest BCUT2D eigenvalue weighted by atomic mass is 35.5. The molecule has 1 aromatic rings. The third-order valence-corrected chi connectivity index (χ3v) is 3.25. The number of halogens is 1. The highest BCUT2D eigenvalue weighted by Crippen LogP contribution is 2.18. The first-order valence-corrected chi connectivity index (χ1v) is 5.73. The van der Waals surface area contributed by atoms with E-state index in [0.29, 0.717) is 5.69 Å². The van der Waals surface area contributed by atoms with Crippen LogP contribution in [0.4, 0.5) is 5.69 Å². The van der Waals surface area contributed by atoms with Crippen LogP contribution >= 0.6 is 11.6 Å². The van der Waals surface area contributed by atoms with Gasteiger partial charge in [0.25, 0.3) is 5.56 Å². The third kappa shape index (κ3) is 2.43. The molecule has 0 aromatic carbocycles. The summed E-state index contributed by atoms with van der Waals surface area (Å²) < 4.78 is 6.52. The van der Waals surface area contributed by atoms with Crippen molar-refractivity contribution in [2.24, 2.45) is 7.05 Å².